The molecule has 2 N–H and O–H groups in total. The fourth-order valence-electron chi connectivity index (χ4n) is 3.60. The molecule has 2 aliphatic rings. The van der Waals surface area contributed by atoms with Gasteiger partial charge in [-0.3, -0.25) is 9.59 Å². The van der Waals surface area contributed by atoms with E-state index in [9.17, 15) is 9.59 Å². The summed E-state index contributed by atoms with van der Waals surface area (Å²) in [6, 6.07) is 7.32. The average molecular weight is 359 g/mol. The number of thiocarbonyl (C=S) groups is 1. The van der Waals surface area contributed by atoms with Crippen molar-refractivity contribution in [2.75, 3.05) is 18.4 Å². The van der Waals surface area contributed by atoms with Gasteiger partial charge in [-0.1, -0.05) is 31.4 Å². The molecule has 1 saturated heterocycles. The Kier molecular flexibility index (Phi) is 6.02. The van der Waals surface area contributed by atoms with E-state index in [2.05, 4.69) is 10.6 Å². The van der Waals surface area contributed by atoms with Gasteiger partial charge in [0.2, 0.25) is 5.91 Å². The summed E-state index contributed by atoms with van der Waals surface area (Å²) in [6.45, 7) is 1.60. The van der Waals surface area contributed by atoms with Gasteiger partial charge >= 0.3 is 0 Å². The molecule has 134 valence electrons. The summed E-state index contributed by atoms with van der Waals surface area (Å²) in [5, 5.41) is 6.09. The summed E-state index contributed by atoms with van der Waals surface area (Å²) in [4.78, 5) is 26.9. The minimum Gasteiger partial charge on any atom is -0.339 e. The summed E-state index contributed by atoms with van der Waals surface area (Å²) < 4.78 is 0. The minimum atomic E-state index is -0.0134. The highest BCUT2D eigenvalue weighted by Gasteiger charge is 2.24. The minimum absolute atomic E-state index is 0.0134. The second-order valence-electron chi connectivity index (χ2n) is 6.82. The van der Waals surface area contributed by atoms with Crippen molar-refractivity contribution in [3.8, 4) is 0 Å². The van der Waals surface area contributed by atoms with Crippen molar-refractivity contribution in [1.29, 1.82) is 0 Å². The van der Waals surface area contributed by atoms with Crippen molar-refractivity contribution < 1.29 is 9.59 Å². The molecule has 1 saturated carbocycles. The number of para-hydroxylation sites is 1. The van der Waals surface area contributed by atoms with Gasteiger partial charge in [-0.25, -0.2) is 0 Å². The van der Waals surface area contributed by atoms with Crippen LogP contribution in [0.25, 0.3) is 0 Å². The molecule has 0 unspecified atom stereocenters. The number of rotatable bonds is 3. The van der Waals surface area contributed by atoms with E-state index in [0.717, 1.165) is 51.6 Å². The number of hydrogen-bond donors (Lipinski definition) is 2. The molecule has 1 aromatic carbocycles. The number of hydrogen-bond acceptors (Lipinski definition) is 3. The first-order valence-electron chi connectivity index (χ1n) is 9.15. The fourth-order valence-corrected chi connectivity index (χ4v) is 3.81. The summed E-state index contributed by atoms with van der Waals surface area (Å²) in [6.07, 6.45) is 7.38. The quantitative estimate of drug-likeness (QED) is 0.813. The van der Waals surface area contributed by atoms with E-state index in [1.807, 2.05) is 23.1 Å². The summed E-state index contributed by atoms with van der Waals surface area (Å²) in [7, 11) is 0. The molecular formula is C19H25N3O2S. The molecule has 2 amide bonds. The van der Waals surface area contributed by atoms with E-state index in [-0.39, 0.29) is 22.8 Å². The molecule has 3 rings (SSSR count). The number of carbonyl (C=O) groups excluding carboxylic acids is 2. The Hall–Kier alpha value is -1.95. The van der Waals surface area contributed by atoms with Gasteiger partial charge in [0.25, 0.3) is 5.91 Å². The third kappa shape index (κ3) is 4.57. The smallest absolute Gasteiger partial charge is 0.255 e. The predicted octanol–water partition coefficient (Wildman–Crippen LogP) is 3.32. The van der Waals surface area contributed by atoms with Crippen LogP contribution in [0.3, 0.4) is 0 Å². The van der Waals surface area contributed by atoms with Crippen LogP contribution in [0, 0.1) is 5.92 Å². The molecule has 1 aromatic rings. The molecule has 0 bridgehead atoms. The Morgan fingerprint density at radius 2 is 1.68 bits per heavy atom. The summed E-state index contributed by atoms with van der Waals surface area (Å²) >= 11 is 5.29. The van der Waals surface area contributed by atoms with Gasteiger partial charge in [0, 0.05) is 19.0 Å². The zero-order valence-corrected chi connectivity index (χ0v) is 15.2. The highest BCUT2D eigenvalue weighted by atomic mass is 32.1. The van der Waals surface area contributed by atoms with E-state index >= 15 is 0 Å². The Morgan fingerprint density at radius 1 is 1.00 bits per heavy atom. The average Bonchev–Trinajstić information content (AvgIpc) is 3.17. The fraction of sp³-hybridized carbons (Fsp3) is 0.526. The summed E-state index contributed by atoms with van der Waals surface area (Å²) in [5.41, 5.74) is 1.24. The summed E-state index contributed by atoms with van der Waals surface area (Å²) in [5.74, 6) is 0.0533. The van der Waals surface area contributed by atoms with Crippen LogP contribution in [0.15, 0.2) is 24.3 Å². The van der Waals surface area contributed by atoms with Crippen molar-refractivity contribution in [2.24, 2.45) is 5.92 Å². The molecule has 0 aromatic heterocycles. The zero-order chi connectivity index (χ0) is 17.6. The number of anilines is 1. The van der Waals surface area contributed by atoms with Crippen LogP contribution >= 0.6 is 12.2 Å². The second-order valence-corrected chi connectivity index (χ2v) is 7.23. The predicted molar refractivity (Wildman–Crippen MR) is 103 cm³/mol. The molecular weight excluding hydrogens is 334 g/mol. The molecule has 0 atom stereocenters. The van der Waals surface area contributed by atoms with E-state index in [0.29, 0.717) is 11.3 Å². The molecule has 0 radical (unpaired) electrons. The lowest BCUT2D eigenvalue weighted by atomic mass is 9.89. The molecule has 2 fully saturated rings. The van der Waals surface area contributed by atoms with Gasteiger partial charge in [0.1, 0.15) is 0 Å². The number of likely N-dealkylation sites (tertiary alicyclic amines) is 1. The zero-order valence-electron chi connectivity index (χ0n) is 14.4. The molecule has 1 aliphatic heterocycles. The van der Waals surface area contributed by atoms with Crippen LogP contribution in [0.1, 0.15) is 55.3 Å². The van der Waals surface area contributed by atoms with Crippen LogP contribution in [-0.4, -0.2) is 34.9 Å². The maximum atomic E-state index is 12.7. The maximum Gasteiger partial charge on any atom is 0.255 e. The molecule has 25 heavy (non-hydrogen) atoms. The number of nitrogens with zero attached hydrogens (tertiary/aromatic N) is 1. The molecule has 6 heteroatoms. The highest BCUT2D eigenvalue weighted by Crippen LogP contribution is 2.24. The van der Waals surface area contributed by atoms with Gasteiger partial charge in [-0.05, 0) is 50.0 Å². The van der Waals surface area contributed by atoms with E-state index in [4.69, 9.17) is 12.2 Å². The maximum absolute atomic E-state index is 12.7. The van der Waals surface area contributed by atoms with Gasteiger partial charge in [0.05, 0.1) is 11.3 Å². The highest BCUT2D eigenvalue weighted by molar-refractivity contribution is 7.80. The lowest BCUT2D eigenvalue weighted by Crippen LogP contribution is -2.39. The number of amides is 2. The first kappa shape index (κ1) is 17.9. The van der Waals surface area contributed by atoms with Gasteiger partial charge in [0.15, 0.2) is 5.11 Å². The number of carbonyl (C=O) groups is 2. The topological polar surface area (TPSA) is 61.4 Å². The lowest BCUT2D eigenvalue weighted by molar-refractivity contribution is -0.124. The monoisotopic (exact) mass is 359 g/mol. The third-order valence-corrected chi connectivity index (χ3v) is 5.22. The van der Waals surface area contributed by atoms with Gasteiger partial charge in [-0.15, -0.1) is 0 Å². The normalized spacial score (nSPS) is 18.0. The lowest BCUT2D eigenvalue weighted by Gasteiger charge is -2.22. The Bertz CT molecular complexity index is 650. The first-order chi connectivity index (χ1) is 12.1. The van der Waals surface area contributed by atoms with E-state index in [1.165, 1.54) is 6.42 Å². The van der Waals surface area contributed by atoms with Crippen LogP contribution < -0.4 is 10.6 Å². The molecule has 1 aliphatic carbocycles. The largest absolute Gasteiger partial charge is 0.339 e. The Labute approximate surface area is 154 Å². The van der Waals surface area contributed by atoms with Crippen LogP contribution in [0.4, 0.5) is 5.69 Å². The Balaban J connectivity index is 1.63. The molecule has 1 heterocycles. The number of nitrogens with one attached hydrogen (secondary N) is 2. The third-order valence-electron chi connectivity index (χ3n) is 5.01. The van der Waals surface area contributed by atoms with Crippen molar-refractivity contribution in [3.05, 3.63) is 29.8 Å². The Morgan fingerprint density at radius 3 is 2.40 bits per heavy atom. The van der Waals surface area contributed by atoms with Crippen molar-refractivity contribution in [1.82, 2.24) is 10.2 Å². The number of benzene rings is 1. The van der Waals surface area contributed by atoms with E-state index in [1.54, 1.807) is 6.07 Å². The van der Waals surface area contributed by atoms with Crippen molar-refractivity contribution in [2.45, 2.75) is 44.9 Å². The molecule has 5 nitrogen and oxygen atoms in total. The van der Waals surface area contributed by atoms with E-state index < -0.39 is 0 Å². The van der Waals surface area contributed by atoms with Crippen LogP contribution in [0.5, 0.6) is 0 Å². The van der Waals surface area contributed by atoms with Crippen molar-refractivity contribution >= 4 is 34.8 Å². The van der Waals surface area contributed by atoms with Gasteiger partial charge < -0.3 is 15.5 Å². The standard InChI is InChI=1S/C19H25N3O2S/c23-17(14-8-2-1-3-9-14)21-19(25)20-16-11-5-4-10-15(16)18(24)22-12-6-7-13-22/h4-5,10-11,14H,1-3,6-9,12-13H2,(H2,20,21,23,25). The second kappa shape index (κ2) is 8.43. The van der Waals surface area contributed by atoms with Crippen molar-refractivity contribution in [3.63, 3.8) is 0 Å². The SMILES string of the molecule is O=C(NC(=S)Nc1ccccc1C(=O)N1CCCC1)C1CCCCC1. The van der Waals surface area contributed by atoms with Gasteiger partial charge in [-0.2, -0.15) is 0 Å². The van der Waals surface area contributed by atoms with Crippen LogP contribution in [-0.2, 0) is 4.79 Å². The van der Waals surface area contributed by atoms with Crippen LogP contribution in [0.2, 0.25) is 0 Å². The molecule has 0 spiro atoms. The first-order valence-corrected chi connectivity index (χ1v) is 9.56.